The van der Waals surface area contributed by atoms with Crippen LogP contribution in [0.5, 0.6) is 0 Å². The number of aryl methyl sites for hydroxylation is 1. The van der Waals surface area contributed by atoms with Gasteiger partial charge in [-0.1, -0.05) is 5.21 Å². The summed E-state index contributed by atoms with van der Waals surface area (Å²) in [7, 11) is 1.84. The first-order valence-electron chi connectivity index (χ1n) is 3.92. The van der Waals surface area contributed by atoms with Crippen LogP contribution in [0.25, 0.3) is 0 Å². The quantitative estimate of drug-likeness (QED) is 0.701. The van der Waals surface area contributed by atoms with E-state index < -0.39 is 0 Å². The molecule has 0 bridgehead atoms. The number of nitrogens with one attached hydrogen (secondary N) is 2. The Labute approximate surface area is 75.0 Å². The van der Waals surface area contributed by atoms with Crippen molar-refractivity contribution >= 4 is 5.82 Å². The molecule has 0 spiro atoms. The van der Waals surface area contributed by atoms with Gasteiger partial charge in [0.25, 0.3) is 0 Å². The number of aromatic amines is 1. The molecule has 13 heavy (non-hydrogen) atoms. The third-order valence-electron chi connectivity index (χ3n) is 1.74. The van der Waals surface area contributed by atoms with Gasteiger partial charge in [-0.25, -0.2) is 4.68 Å². The van der Waals surface area contributed by atoms with E-state index in [1.54, 1.807) is 17.1 Å². The van der Waals surface area contributed by atoms with Crippen molar-refractivity contribution in [3.05, 3.63) is 24.2 Å². The maximum atomic E-state index is 3.84. The molecular weight excluding hydrogens is 168 g/mol. The molecule has 0 atom stereocenters. The fourth-order valence-corrected chi connectivity index (χ4v) is 1.02. The minimum absolute atomic E-state index is 0.720. The number of anilines is 1. The Morgan fingerprint density at radius 3 is 3.08 bits per heavy atom. The molecule has 0 saturated heterocycles. The summed E-state index contributed by atoms with van der Waals surface area (Å²) in [6, 6.07) is 0. The van der Waals surface area contributed by atoms with Gasteiger partial charge in [-0.05, 0) is 0 Å². The largest absolute Gasteiger partial charge is 0.365 e. The lowest BCUT2D eigenvalue weighted by molar-refractivity contribution is 0.717. The summed E-state index contributed by atoms with van der Waals surface area (Å²) in [6.45, 7) is 0.720. The second kappa shape index (κ2) is 3.26. The summed E-state index contributed by atoms with van der Waals surface area (Å²) in [5.74, 6) is 0.890. The molecule has 0 aliphatic rings. The van der Waals surface area contributed by atoms with Crippen molar-refractivity contribution in [2.24, 2.45) is 7.05 Å². The van der Waals surface area contributed by atoms with Crippen molar-refractivity contribution in [3.8, 4) is 0 Å². The first kappa shape index (κ1) is 7.78. The average Bonchev–Trinajstić information content (AvgIpc) is 2.72. The van der Waals surface area contributed by atoms with Crippen molar-refractivity contribution in [1.82, 2.24) is 25.2 Å². The molecule has 6 heteroatoms. The van der Waals surface area contributed by atoms with E-state index in [1.807, 2.05) is 13.2 Å². The molecule has 0 unspecified atom stereocenters. The van der Waals surface area contributed by atoms with E-state index in [1.165, 1.54) is 0 Å². The van der Waals surface area contributed by atoms with E-state index >= 15 is 0 Å². The van der Waals surface area contributed by atoms with Gasteiger partial charge in [0.15, 0.2) is 0 Å². The van der Waals surface area contributed by atoms with Crippen molar-refractivity contribution in [1.29, 1.82) is 0 Å². The summed E-state index contributed by atoms with van der Waals surface area (Å²) >= 11 is 0. The molecular formula is C7H10N6. The van der Waals surface area contributed by atoms with Crippen LogP contribution in [0.3, 0.4) is 0 Å². The molecule has 2 N–H and O–H groups in total. The molecule has 0 fully saturated rings. The highest BCUT2D eigenvalue weighted by Gasteiger charge is 1.98. The van der Waals surface area contributed by atoms with Crippen molar-refractivity contribution in [2.45, 2.75) is 6.54 Å². The number of H-pyrrole nitrogens is 1. The fourth-order valence-electron chi connectivity index (χ4n) is 1.02. The van der Waals surface area contributed by atoms with Crippen LogP contribution in [0.2, 0.25) is 0 Å². The Morgan fingerprint density at radius 1 is 1.54 bits per heavy atom. The van der Waals surface area contributed by atoms with Gasteiger partial charge < -0.3 is 5.32 Å². The van der Waals surface area contributed by atoms with Gasteiger partial charge in [-0.15, -0.1) is 5.10 Å². The smallest absolute Gasteiger partial charge is 0.144 e. The zero-order valence-corrected chi connectivity index (χ0v) is 7.23. The maximum Gasteiger partial charge on any atom is 0.144 e. The summed E-state index contributed by atoms with van der Waals surface area (Å²) < 4.78 is 1.68. The zero-order chi connectivity index (χ0) is 9.10. The molecule has 2 aromatic rings. The van der Waals surface area contributed by atoms with E-state index in [-0.39, 0.29) is 0 Å². The normalized spacial score (nSPS) is 10.2. The van der Waals surface area contributed by atoms with Gasteiger partial charge in [-0.3, -0.25) is 5.10 Å². The molecule has 0 aliphatic heterocycles. The Hall–Kier alpha value is -1.85. The van der Waals surface area contributed by atoms with Gasteiger partial charge in [0, 0.05) is 25.4 Å². The second-order valence-electron chi connectivity index (χ2n) is 2.70. The minimum atomic E-state index is 0.720. The second-order valence-corrected chi connectivity index (χ2v) is 2.70. The topological polar surface area (TPSA) is 71.4 Å². The van der Waals surface area contributed by atoms with E-state index in [2.05, 4.69) is 25.8 Å². The van der Waals surface area contributed by atoms with Crippen molar-refractivity contribution in [3.63, 3.8) is 0 Å². The fraction of sp³-hybridized carbons (Fsp3) is 0.286. The van der Waals surface area contributed by atoms with Gasteiger partial charge in [0.05, 0.1) is 12.4 Å². The molecule has 0 radical (unpaired) electrons. The summed E-state index contributed by atoms with van der Waals surface area (Å²) in [6.07, 6.45) is 5.30. The minimum Gasteiger partial charge on any atom is -0.365 e. The number of nitrogens with zero attached hydrogens (tertiary/aromatic N) is 4. The van der Waals surface area contributed by atoms with Gasteiger partial charge >= 0.3 is 0 Å². The van der Waals surface area contributed by atoms with E-state index in [0.29, 0.717) is 0 Å². The van der Waals surface area contributed by atoms with Crippen LogP contribution in [0, 0.1) is 0 Å². The molecule has 2 aromatic heterocycles. The molecule has 68 valence electrons. The zero-order valence-electron chi connectivity index (χ0n) is 7.23. The predicted octanol–water partition coefficient (Wildman–Crippen LogP) is 0.150. The highest BCUT2D eigenvalue weighted by molar-refractivity contribution is 5.31. The third kappa shape index (κ3) is 1.66. The molecule has 0 saturated carbocycles. The van der Waals surface area contributed by atoms with Crippen LogP contribution in [0.4, 0.5) is 5.82 Å². The molecule has 0 amide bonds. The lowest BCUT2D eigenvalue weighted by Crippen LogP contribution is -2.03. The molecule has 2 heterocycles. The Morgan fingerprint density at radius 2 is 2.46 bits per heavy atom. The van der Waals surface area contributed by atoms with Crippen LogP contribution >= 0.6 is 0 Å². The highest BCUT2D eigenvalue weighted by Crippen LogP contribution is 2.03. The number of aromatic nitrogens is 5. The monoisotopic (exact) mass is 178 g/mol. The van der Waals surface area contributed by atoms with Gasteiger partial charge in [-0.2, -0.15) is 5.10 Å². The Balaban J connectivity index is 1.97. The predicted molar refractivity (Wildman–Crippen MR) is 46.9 cm³/mol. The molecule has 6 nitrogen and oxygen atoms in total. The lowest BCUT2D eigenvalue weighted by atomic mass is 10.4. The van der Waals surface area contributed by atoms with Crippen molar-refractivity contribution in [2.75, 3.05) is 5.32 Å². The van der Waals surface area contributed by atoms with Crippen LogP contribution < -0.4 is 5.32 Å². The van der Waals surface area contributed by atoms with Gasteiger partial charge in [0.1, 0.15) is 5.82 Å². The summed E-state index contributed by atoms with van der Waals surface area (Å²) in [4.78, 5) is 0. The molecule has 2 rings (SSSR count). The van der Waals surface area contributed by atoms with Crippen LogP contribution in [-0.4, -0.2) is 25.2 Å². The van der Waals surface area contributed by atoms with Crippen molar-refractivity contribution < 1.29 is 0 Å². The average molecular weight is 178 g/mol. The van der Waals surface area contributed by atoms with Crippen LogP contribution in [-0.2, 0) is 13.6 Å². The highest BCUT2D eigenvalue weighted by atomic mass is 15.4. The van der Waals surface area contributed by atoms with Gasteiger partial charge in [0.2, 0.25) is 0 Å². The van der Waals surface area contributed by atoms with E-state index in [0.717, 1.165) is 17.9 Å². The van der Waals surface area contributed by atoms with E-state index in [4.69, 9.17) is 0 Å². The standard InChI is InChI=1S/C7H10N6/c1-13-7(5-11-12-13)8-2-6-3-9-10-4-6/h3-5,8H,2H2,1H3,(H,9,10). The van der Waals surface area contributed by atoms with Crippen LogP contribution in [0.1, 0.15) is 5.56 Å². The Kier molecular flexibility index (Phi) is 1.95. The summed E-state index contributed by atoms with van der Waals surface area (Å²) in [5, 5.41) is 17.3. The number of hydrogen-bond acceptors (Lipinski definition) is 4. The lowest BCUT2D eigenvalue weighted by Gasteiger charge is -2.02. The number of rotatable bonds is 3. The first-order valence-corrected chi connectivity index (χ1v) is 3.92. The van der Waals surface area contributed by atoms with E-state index in [9.17, 15) is 0 Å². The molecule has 0 aliphatic carbocycles. The summed E-state index contributed by atoms with van der Waals surface area (Å²) in [5.41, 5.74) is 1.10. The number of hydrogen-bond donors (Lipinski definition) is 2. The Bertz CT molecular complexity index is 362. The SMILES string of the molecule is Cn1nncc1NCc1cn[nH]c1. The maximum absolute atomic E-state index is 3.84. The molecule has 0 aromatic carbocycles. The first-order chi connectivity index (χ1) is 6.36. The third-order valence-corrected chi connectivity index (χ3v) is 1.74. The van der Waals surface area contributed by atoms with Crippen LogP contribution in [0.15, 0.2) is 18.6 Å².